The Morgan fingerprint density at radius 3 is 2.52 bits per heavy atom. The third-order valence-electron chi connectivity index (χ3n) is 3.62. The van der Waals surface area contributed by atoms with Crippen molar-refractivity contribution in [2.45, 2.75) is 33.4 Å². The van der Waals surface area contributed by atoms with Crippen molar-refractivity contribution in [2.24, 2.45) is 5.92 Å². The number of anilines is 1. The Kier molecular flexibility index (Phi) is 6.56. The van der Waals surface area contributed by atoms with Gasteiger partial charge in [-0.3, -0.25) is 9.48 Å². The van der Waals surface area contributed by atoms with Crippen molar-refractivity contribution in [3.8, 4) is 0 Å². The van der Waals surface area contributed by atoms with Crippen LogP contribution >= 0.6 is 0 Å². The first-order chi connectivity index (χ1) is 12.0. The summed E-state index contributed by atoms with van der Waals surface area (Å²) in [5.41, 5.74) is 1.75. The molecule has 7 nitrogen and oxygen atoms in total. The van der Waals surface area contributed by atoms with Gasteiger partial charge >= 0.3 is 6.09 Å². The van der Waals surface area contributed by atoms with E-state index in [4.69, 9.17) is 4.74 Å². The predicted octanol–water partition coefficient (Wildman–Crippen LogP) is 2.64. The Morgan fingerprint density at radius 1 is 1.24 bits per heavy atom. The van der Waals surface area contributed by atoms with E-state index in [0.29, 0.717) is 12.2 Å². The Morgan fingerprint density at radius 2 is 1.96 bits per heavy atom. The average molecular weight is 344 g/mol. The van der Waals surface area contributed by atoms with Gasteiger partial charge in [0, 0.05) is 18.1 Å². The number of carbonyl (C=O) groups excluding carboxylic acids is 2. The largest absolute Gasteiger partial charge is 0.450 e. The van der Waals surface area contributed by atoms with E-state index in [1.165, 1.54) is 0 Å². The molecule has 2 rings (SSSR count). The van der Waals surface area contributed by atoms with Crippen molar-refractivity contribution >= 4 is 17.7 Å². The lowest BCUT2D eigenvalue weighted by Crippen LogP contribution is -2.47. The zero-order valence-electron chi connectivity index (χ0n) is 14.7. The summed E-state index contributed by atoms with van der Waals surface area (Å²) in [6, 6.07) is 8.73. The molecule has 134 valence electrons. The number of hydrogen-bond acceptors (Lipinski definition) is 4. The van der Waals surface area contributed by atoms with Crippen LogP contribution in [-0.2, 0) is 16.1 Å². The molecule has 1 atom stereocenters. The molecule has 2 N–H and O–H groups in total. The first kappa shape index (κ1) is 18.5. The van der Waals surface area contributed by atoms with Gasteiger partial charge in [0.15, 0.2) is 0 Å². The van der Waals surface area contributed by atoms with Crippen molar-refractivity contribution in [3.05, 3.63) is 48.3 Å². The minimum absolute atomic E-state index is 0.0662. The summed E-state index contributed by atoms with van der Waals surface area (Å²) in [7, 11) is 0. The molecule has 2 amide bonds. The summed E-state index contributed by atoms with van der Waals surface area (Å²) in [6.07, 6.45) is 3.03. The van der Waals surface area contributed by atoms with Crippen molar-refractivity contribution in [2.75, 3.05) is 11.9 Å². The fraction of sp³-hybridized carbons (Fsp3) is 0.389. The molecule has 1 unspecified atom stereocenters. The smallest absolute Gasteiger partial charge is 0.407 e. The highest BCUT2D eigenvalue weighted by atomic mass is 16.5. The molecule has 2 aromatic rings. The number of nitrogens with zero attached hydrogens (tertiary/aromatic N) is 2. The van der Waals surface area contributed by atoms with Crippen LogP contribution in [-0.4, -0.2) is 34.4 Å². The third-order valence-corrected chi connectivity index (χ3v) is 3.62. The lowest BCUT2D eigenvalue weighted by molar-refractivity contribution is -0.119. The monoisotopic (exact) mass is 344 g/mol. The number of alkyl carbamates (subject to hydrolysis) is 1. The molecular weight excluding hydrogens is 320 g/mol. The predicted molar refractivity (Wildman–Crippen MR) is 95.2 cm³/mol. The van der Waals surface area contributed by atoms with E-state index in [2.05, 4.69) is 15.7 Å². The van der Waals surface area contributed by atoms with Crippen LogP contribution in [0.2, 0.25) is 0 Å². The maximum atomic E-state index is 12.4. The highest BCUT2D eigenvalue weighted by molar-refractivity contribution is 5.96. The van der Waals surface area contributed by atoms with E-state index in [1.807, 2.05) is 55.1 Å². The van der Waals surface area contributed by atoms with Gasteiger partial charge in [-0.1, -0.05) is 26.0 Å². The average Bonchev–Trinajstić information content (AvgIpc) is 3.07. The molecule has 1 aromatic carbocycles. The number of hydrogen-bond donors (Lipinski definition) is 2. The van der Waals surface area contributed by atoms with Crippen LogP contribution < -0.4 is 10.6 Å². The Labute approximate surface area is 147 Å². The topological polar surface area (TPSA) is 85.2 Å². The molecule has 0 saturated heterocycles. The van der Waals surface area contributed by atoms with E-state index in [9.17, 15) is 9.59 Å². The van der Waals surface area contributed by atoms with Crippen molar-refractivity contribution in [3.63, 3.8) is 0 Å². The van der Waals surface area contributed by atoms with Gasteiger partial charge in [-0.15, -0.1) is 0 Å². The summed E-state index contributed by atoms with van der Waals surface area (Å²) in [6.45, 7) is 6.37. The van der Waals surface area contributed by atoms with Gasteiger partial charge in [-0.2, -0.15) is 5.10 Å². The Balaban J connectivity index is 1.96. The van der Waals surface area contributed by atoms with Crippen LogP contribution in [0.5, 0.6) is 0 Å². The minimum atomic E-state index is -0.664. The van der Waals surface area contributed by atoms with Crippen LogP contribution in [0, 0.1) is 5.92 Å². The first-order valence-corrected chi connectivity index (χ1v) is 8.30. The SMILES string of the molecule is CCOC(=O)NC(C(=O)Nc1ccc(Cn2cccn2)cc1)C(C)C. The molecule has 7 heteroatoms. The molecular formula is C18H24N4O3. The lowest BCUT2D eigenvalue weighted by atomic mass is 10.0. The van der Waals surface area contributed by atoms with Crippen molar-refractivity contribution < 1.29 is 14.3 Å². The fourth-order valence-corrected chi connectivity index (χ4v) is 2.33. The number of amides is 2. The zero-order valence-corrected chi connectivity index (χ0v) is 14.7. The summed E-state index contributed by atoms with van der Waals surface area (Å²) < 4.78 is 6.68. The fourth-order valence-electron chi connectivity index (χ4n) is 2.33. The Hall–Kier alpha value is -2.83. The maximum absolute atomic E-state index is 12.4. The lowest BCUT2D eigenvalue weighted by Gasteiger charge is -2.21. The van der Waals surface area contributed by atoms with E-state index in [0.717, 1.165) is 5.56 Å². The molecule has 0 bridgehead atoms. The Bertz CT molecular complexity index is 681. The van der Waals surface area contributed by atoms with Crippen molar-refractivity contribution in [1.29, 1.82) is 0 Å². The van der Waals surface area contributed by atoms with Crippen molar-refractivity contribution in [1.82, 2.24) is 15.1 Å². The van der Waals surface area contributed by atoms with Crippen LogP contribution in [0.1, 0.15) is 26.3 Å². The van der Waals surface area contributed by atoms with Crippen LogP contribution in [0.4, 0.5) is 10.5 Å². The first-order valence-electron chi connectivity index (χ1n) is 8.30. The molecule has 0 radical (unpaired) electrons. The van der Waals surface area contributed by atoms with Gasteiger partial charge < -0.3 is 15.4 Å². The number of benzene rings is 1. The highest BCUT2D eigenvalue weighted by Gasteiger charge is 2.24. The van der Waals surface area contributed by atoms with Crippen LogP contribution in [0.25, 0.3) is 0 Å². The maximum Gasteiger partial charge on any atom is 0.407 e. The van der Waals surface area contributed by atoms with Gasteiger partial charge in [-0.05, 0) is 36.6 Å². The number of carbonyl (C=O) groups is 2. The summed E-state index contributed by atoms with van der Waals surface area (Å²) in [5, 5.41) is 9.58. The van der Waals surface area contributed by atoms with Gasteiger partial charge in [0.1, 0.15) is 6.04 Å². The molecule has 1 heterocycles. The standard InChI is InChI=1S/C18H24N4O3/c1-4-25-18(24)21-16(13(2)3)17(23)20-15-8-6-14(7-9-15)12-22-11-5-10-19-22/h5-11,13,16H,4,12H2,1-3H3,(H,20,23)(H,21,24). The summed E-state index contributed by atoms with van der Waals surface area (Å²) in [5.74, 6) is -0.341. The summed E-state index contributed by atoms with van der Waals surface area (Å²) in [4.78, 5) is 24.0. The number of ether oxygens (including phenoxy) is 1. The number of rotatable bonds is 7. The van der Waals surface area contributed by atoms with E-state index in [1.54, 1.807) is 13.1 Å². The second-order valence-electron chi connectivity index (χ2n) is 5.98. The second-order valence-corrected chi connectivity index (χ2v) is 5.98. The summed E-state index contributed by atoms with van der Waals surface area (Å²) >= 11 is 0. The van der Waals surface area contributed by atoms with E-state index in [-0.39, 0.29) is 18.4 Å². The minimum Gasteiger partial charge on any atom is -0.450 e. The van der Waals surface area contributed by atoms with Crippen LogP contribution in [0.15, 0.2) is 42.7 Å². The molecule has 0 aliphatic heterocycles. The molecule has 0 spiro atoms. The van der Waals surface area contributed by atoms with Gasteiger partial charge in [0.05, 0.1) is 13.2 Å². The van der Waals surface area contributed by atoms with Gasteiger partial charge in [-0.25, -0.2) is 4.79 Å². The number of aromatic nitrogens is 2. The van der Waals surface area contributed by atoms with Gasteiger partial charge in [0.25, 0.3) is 0 Å². The zero-order chi connectivity index (χ0) is 18.2. The number of nitrogens with one attached hydrogen (secondary N) is 2. The molecule has 25 heavy (non-hydrogen) atoms. The second kappa shape index (κ2) is 8.86. The molecule has 0 fully saturated rings. The highest BCUT2D eigenvalue weighted by Crippen LogP contribution is 2.13. The molecule has 0 aliphatic rings. The van der Waals surface area contributed by atoms with E-state index < -0.39 is 12.1 Å². The molecule has 1 aromatic heterocycles. The molecule has 0 aliphatic carbocycles. The van der Waals surface area contributed by atoms with E-state index >= 15 is 0 Å². The normalized spacial score (nSPS) is 11.8. The van der Waals surface area contributed by atoms with Gasteiger partial charge in [0.2, 0.25) is 5.91 Å². The molecule has 0 saturated carbocycles. The quantitative estimate of drug-likeness (QED) is 0.808. The third kappa shape index (κ3) is 5.63. The van der Waals surface area contributed by atoms with Crippen LogP contribution in [0.3, 0.4) is 0 Å².